The zero-order chi connectivity index (χ0) is 37.9. The van der Waals surface area contributed by atoms with E-state index in [1.54, 1.807) is 0 Å². The molecule has 4 heterocycles. The molecule has 0 amide bonds. The molecule has 0 spiro atoms. The van der Waals surface area contributed by atoms with Crippen LogP contribution in [0.15, 0.2) is 194 Å². The topological polar surface area (TPSA) is 9.86 Å². The van der Waals surface area contributed by atoms with Crippen LogP contribution in [0, 0.1) is 0 Å². The zero-order valence-electron chi connectivity index (χ0n) is 31.2. The molecule has 0 bridgehead atoms. The average molecular weight is 773 g/mol. The van der Waals surface area contributed by atoms with E-state index in [9.17, 15) is 0 Å². The maximum atomic E-state index is 2.52. The Bertz CT molecular complexity index is 3800. The van der Waals surface area contributed by atoms with Gasteiger partial charge in [0.05, 0.1) is 22.1 Å². The van der Waals surface area contributed by atoms with E-state index in [0.29, 0.717) is 0 Å². The van der Waals surface area contributed by atoms with Gasteiger partial charge < -0.3 is 9.13 Å². The summed E-state index contributed by atoms with van der Waals surface area (Å²) >= 11 is 3.81. The highest BCUT2D eigenvalue weighted by Gasteiger charge is 2.23. The maximum absolute atomic E-state index is 2.52. The van der Waals surface area contributed by atoms with Crippen LogP contribution in [-0.2, 0) is 0 Å². The first-order valence-corrected chi connectivity index (χ1v) is 21.4. The minimum absolute atomic E-state index is 1.16. The molecule has 13 rings (SSSR count). The van der Waals surface area contributed by atoms with Crippen molar-refractivity contribution in [1.29, 1.82) is 0 Å². The number of hydrogen-bond acceptors (Lipinski definition) is 2. The third-order valence-corrected chi connectivity index (χ3v) is 14.6. The molecule has 0 radical (unpaired) electrons. The molecule has 0 aliphatic heterocycles. The van der Waals surface area contributed by atoms with E-state index in [4.69, 9.17) is 0 Å². The standard InChI is InChI=1S/C54H32N2S2/c1-2-15-33(16-3-1)56-46-26-8-4-17-35(46)39-22-12-23-40(52(39)56)38-21-14-28-48-51(38)43-20-5-9-27-47(43)55(48)34-31-44-37-19-7-11-30-50(37)58-54(44)45(32-34)42-25-13-24-41-36-18-6-10-29-49(36)57-53(41)42/h1-32H. The molecule has 0 N–H and O–H groups in total. The van der Waals surface area contributed by atoms with Crippen molar-refractivity contribution < 1.29 is 0 Å². The molecule has 0 aliphatic carbocycles. The fourth-order valence-corrected chi connectivity index (χ4v) is 12.1. The molecule has 58 heavy (non-hydrogen) atoms. The highest BCUT2D eigenvalue weighted by Crippen LogP contribution is 2.48. The van der Waals surface area contributed by atoms with Gasteiger partial charge in [-0.15, -0.1) is 22.7 Å². The minimum atomic E-state index is 1.16. The second kappa shape index (κ2) is 12.3. The molecule has 0 aliphatic rings. The van der Waals surface area contributed by atoms with Crippen LogP contribution < -0.4 is 0 Å². The lowest BCUT2D eigenvalue weighted by atomic mass is 9.97. The molecule has 4 aromatic heterocycles. The molecule has 4 heteroatoms. The lowest BCUT2D eigenvalue weighted by molar-refractivity contribution is 1.18. The fraction of sp³-hybridized carbons (Fsp3) is 0. The Morgan fingerprint density at radius 3 is 1.60 bits per heavy atom. The van der Waals surface area contributed by atoms with Crippen molar-refractivity contribution in [2.75, 3.05) is 0 Å². The summed E-state index contributed by atoms with van der Waals surface area (Å²) in [6.07, 6.45) is 0. The largest absolute Gasteiger partial charge is 0.309 e. The number of hydrogen-bond donors (Lipinski definition) is 0. The first-order chi connectivity index (χ1) is 28.8. The summed E-state index contributed by atoms with van der Waals surface area (Å²) in [5.41, 5.74) is 12.2. The van der Waals surface area contributed by atoms with E-state index in [-0.39, 0.29) is 0 Å². The smallest absolute Gasteiger partial charge is 0.0619 e. The Labute approximate surface area is 341 Å². The molecule has 13 aromatic rings. The van der Waals surface area contributed by atoms with E-state index in [0.717, 1.165) is 5.69 Å². The SMILES string of the molecule is c1ccc(-n2c3ccccc3c3cccc(-c4cccc5c4c4ccccc4n5-c4cc(-c5cccc6c5sc5ccccc56)c5sc6ccccc6c5c4)c32)cc1. The van der Waals surface area contributed by atoms with E-state index < -0.39 is 0 Å². The highest BCUT2D eigenvalue weighted by molar-refractivity contribution is 7.27. The van der Waals surface area contributed by atoms with Gasteiger partial charge in [0.1, 0.15) is 0 Å². The first-order valence-electron chi connectivity index (χ1n) is 19.8. The predicted octanol–water partition coefficient (Wildman–Crippen LogP) is 16.0. The van der Waals surface area contributed by atoms with Crippen LogP contribution in [0.25, 0.3) is 118 Å². The quantitative estimate of drug-likeness (QED) is 0.169. The summed E-state index contributed by atoms with van der Waals surface area (Å²) in [7, 11) is 0. The highest BCUT2D eigenvalue weighted by atomic mass is 32.1. The third-order valence-electron chi connectivity index (χ3n) is 12.1. The van der Waals surface area contributed by atoms with Crippen molar-refractivity contribution in [3.8, 4) is 33.6 Å². The summed E-state index contributed by atoms with van der Waals surface area (Å²) in [5, 5.41) is 10.3. The second-order valence-corrected chi connectivity index (χ2v) is 17.3. The molecule has 9 aromatic carbocycles. The van der Waals surface area contributed by atoms with Crippen LogP contribution >= 0.6 is 22.7 Å². The maximum Gasteiger partial charge on any atom is 0.0619 e. The van der Waals surface area contributed by atoms with Crippen molar-refractivity contribution in [2.24, 2.45) is 0 Å². The Morgan fingerprint density at radius 2 is 0.828 bits per heavy atom. The van der Waals surface area contributed by atoms with Gasteiger partial charge in [0.25, 0.3) is 0 Å². The second-order valence-electron chi connectivity index (χ2n) is 15.2. The van der Waals surface area contributed by atoms with Crippen molar-refractivity contribution in [1.82, 2.24) is 9.13 Å². The molecular weight excluding hydrogens is 741 g/mol. The Hall–Kier alpha value is -6.98. The number of fused-ring (bicyclic) bond motifs is 12. The number of para-hydroxylation sites is 4. The van der Waals surface area contributed by atoms with Gasteiger partial charge in [0.15, 0.2) is 0 Å². The van der Waals surface area contributed by atoms with Crippen LogP contribution in [-0.4, -0.2) is 9.13 Å². The van der Waals surface area contributed by atoms with Gasteiger partial charge in [-0.25, -0.2) is 0 Å². The summed E-state index contributed by atoms with van der Waals surface area (Å²) < 4.78 is 10.3. The Balaban J connectivity index is 1.14. The number of aromatic nitrogens is 2. The van der Waals surface area contributed by atoms with E-state index in [1.165, 1.54) is 112 Å². The molecule has 0 atom stereocenters. The van der Waals surface area contributed by atoms with Gasteiger partial charge in [-0.3, -0.25) is 0 Å². The zero-order valence-corrected chi connectivity index (χ0v) is 32.8. The van der Waals surface area contributed by atoms with Gasteiger partial charge in [-0.05, 0) is 60.2 Å². The third kappa shape index (κ3) is 4.47. The average Bonchev–Trinajstić information content (AvgIpc) is 4.04. The predicted molar refractivity (Wildman–Crippen MR) is 252 cm³/mol. The first kappa shape index (κ1) is 32.1. The van der Waals surface area contributed by atoms with Gasteiger partial charge in [0, 0.05) is 90.0 Å². The molecule has 270 valence electrons. The van der Waals surface area contributed by atoms with Crippen LogP contribution in [0.2, 0.25) is 0 Å². The van der Waals surface area contributed by atoms with E-state index in [2.05, 4.69) is 203 Å². The Kier molecular flexibility index (Phi) is 6.79. The molecule has 0 unspecified atom stereocenters. The number of thiophene rings is 2. The van der Waals surface area contributed by atoms with Gasteiger partial charge in [0.2, 0.25) is 0 Å². The van der Waals surface area contributed by atoms with Crippen molar-refractivity contribution in [2.45, 2.75) is 0 Å². The van der Waals surface area contributed by atoms with Crippen LogP contribution in [0.4, 0.5) is 0 Å². The van der Waals surface area contributed by atoms with E-state index >= 15 is 0 Å². The normalized spacial score (nSPS) is 12.1. The van der Waals surface area contributed by atoms with Gasteiger partial charge >= 0.3 is 0 Å². The van der Waals surface area contributed by atoms with Gasteiger partial charge in [-0.1, -0.05) is 140 Å². The number of rotatable bonds is 4. The minimum Gasteiger partial charge on any atom is -0.309 e. The van der Waals surface area contributed by atoms with Crippen LogP contribution in [0.5, 0.6) is 0 Å². The van der Waals surface area contributed by atoms with E-state index in [1.807, 2.05) is 22.7 Å². The molecule has 0 saturated carbocycles. The molecule has 2 nitrogen and oxygen atoms in total. The van der Waals surface area contributed by atoms with Gasteiger partial charge in [-0.2, -0.15) is 0 Å². The van der Waals surface area contributed by atoms with Crippen molar-refractivity contribution in [3.63, 3.8) is 0 Å². The molecular formula is C54H32N2S2. The van der Waals surface area contributed by atoms with Crippen LogP contribution in [0.1, 0.15) is 0 Å². The fourth-order valence-electron chi connectivity index (χ4n) is 9.70. The lowest BCUT2D eigenvalue weighted by Gasteiger charge is -2.14. The number of nitrogens with zero attached hydrogens (tertiary/aromatic N) is 2. The Morgan fingerprint density at radius 1 is 0.293 bits per heavy atom. The van der Waals surface area contributed by atoms with Crippen molar-refractivity contribution in [3.05, 3.63) is 194 Å². The molecule has 0 saturated heterocycles. The monoisotopic (exact) mass is 772 g/mol. The van der Waals surface area contributed by atoms with Crippen LogP contribution in [0.3, 0.4) is 0 Å². The lowest BCUT2D eigenvalue weighted by Crippen LogP contribution is -1.96. The summed E-state index contributed by atoms with van der Waals surface area (Å²) in [6, 6.07) is 71.8. The number of benzene rings is 9. The van der Waals surface area contributed by atoms with Crippen molar-refractivity contribution >= 4 is 107 Å². The summed E-state index contributed by atoms with van der Waals surface area (Å²) in [4.78, 5) is 0. The summed E-state index contributed by atoms with van der Waals surface area (Å²) in [6.45, 7) is 0. The summed E-state index contributed by atoms with van der Waals surface area (Å²) in [5.74, 6) is 0. The molecule has 0 fully saturated rings.